The van der Waals surface area contributed by atoms with Gasteiger partial charge in [-0.3, -0.25) is 9.59 Å². The lowest BCUT2D eigenvalue weighted by molar-refractivity contribution is -0.129. The molecule has 4 heterocycles. The molecule has 3 aliphatic rings. The maximum Gasteiger partial charge on any atom is 0.291 e. The number of likely N-dealkylation sites (tertiary alicyclic amines) is 2. The second-order valence-corrected chi connectivity index (χ2v) is 12.3. The Kier molecular flexibility index (Phi) is 7.40. The van der Waals surface area contributed by atoms with Crippen molar-refractivity contribution in [1.29, 1.82) is 0 Å². The van der Waals surface area contributed by atoms with E-state index in [1.807, 2.05) is 17.0 Å². The van der Waals surface area contributed by atoms with Crippen molar-refractivity contribution in [3.8, 4) is 33.5 Å². The van der Waals surface area contributed by atoms with Crippen LogP contribution in [0.3, 0.4) is 0 Å². The molecule has 1 aliphatic carbocycles. The van der Waals surface area contributed by atoms with Crippen molar-refractivity contribution in [2.45, 2.75) is 50.6 Å². The number of rotatable bonds is 10. The maximum absolute atomic E-state index is 13.0. The number of carbonyl (C=O) groups excluding carboxylic acids is 2. The van der Waals surface area contributed by atoms with Gasteiger partial charge < -0.3 is 19.1 Å². The fraction of sp³-hybridized carbons (Fsp3) is 0.355. The molecule has 10 nitrogen and oxygen atoms in total. The first-order chi connectivity index (χ1) is 21.3. The van der Waals surface area contributed by atoms with E-state index in [4.69, 9.17) is 9.26 Å². The van der Waals surface area contributed by atoms with Crippen molar-refractivity contribution in [3.63, 3.8) is 0 Å². The number of benzene rings is 2. The van der Waals surface area contributed by atoms with Crippen LogP contribution in [0.25, 0.3) is 22.0 Å². The van der Waals surface area contributed by atoms with Crippen LogP contribution >= 0.6 is 11.3 Å². The summed E-state index contributed by atoms with van der Waals surface area (Å²) in [5.74, 6) is 1.96. The Morgan fingerprint density at radius 3 is 2.55 bits per heavy atom. The summed E-state index contributed by atoms with van der Waals surface area (Å²) in [6.45, 7) is 5.35. The van der Waals surface area contributed by atoms with E-state index in [1.54, 1.807) is 41.3 Å². The molecule has 4 aromatic rings. The van der Waals surface area contributed by atoms with Gasteiger partial charge in [0.15, 0.2) is 10.8 Å². The highest BCUT2D eigenvalue weighted by Gasteiger charge is 2.41. The van der Waals surface area contributed by atoms with Gasteiger partial charge in [-0.2, -0.15) is 4.98 Å². The quantitative estimate of drug-likeness (QED) is 0.199. The number of nitrogens with zero attached hydrogens (tertiary/aromatic N) is 6. The van der Waals surface area contributed by atoms with Gasteiger partial charge in [0.25, 0.3) is 12.3 Å². The van der Waals surface area contributed by atoms with Crippen LogP contribution in [0.1, 0.15) is 54.4 Å². The number of hydrogen-bond acceptors (Lipinski definition) is 9. The van der Waals surface area contributed by atoms with Gasteiger partial charge in [-0.25, -0.2) is 8.78 Å². The first kappa shape index (κ1) is 28.3. The number of alkyl halides is 2. The molecule has 226 valence electrons. The van der Waals surface area contributed by atoms with Crippen LogP contribution < -0.4 is 4.74 Å². The number of ether oxygens (including phenoxy) is 1. The van der Waals surface area contributed by atoms with Crippen LogP contribution in [0.5, 0.6) is 11.5 Å². The van der Waals surface area contributed by atoms with E-state index < -0.39 is 6.43 Å². The summed E-state index contributed by atoms with van der Waals surface area (Å²) >= 11 is 0.839. The molecule has 2 saturated heterocycles. The van der Waals surface area contributed by atoms with Crippen molar-refractivity contribution in [1.82, 2.24) is 30.1 Å². The molecule has 2 aromatic heterocycles. The molecule has 44 heavy (non-hydrogen) atoms. The number of carbonyl (C=O) groups is 2. The van der Waals surface area contributed by atoms with Crippen molar-refractivity contribution in [3.05, 3.63) is 71.5 Å². The number of aromatic nitrogens is 4. The first-order valence-electron chi connectivity index (χ1n) is 14.4. The molecule has 0 bridgehead atoms. The zero-order chi connectivity index (χ0) is 30.4. The van der Waals surface area contributed by atoms with E-state index in [2.05, 4.69) is 26.9 Å². The van der Waals surface area contributed by atoms with Gasteiger partial charge in [-0.15, -0.1) is 16.8 Å². The van der Waals surface area contributed by atoms with Gasteiger partial charge in [0.05, 0.1) is 0 Å². The minimum absolute atomic E-state index is 0.0439. The van der Waals surface area contributed by atoms with Crippen LogP contribution in [-0.2, 0) is 16.1 Å². The van der Waals surface area contributed by atoms with E-state index in [0.29, 0.717) is 77.9 Å². The topological polar surface area (TPSA) is 115 Å². The van der Waals surface area contributed by atoms with E-state index in [0.717, 1.165) is 29.7 Å². The van der Waals surface area contributed by atoms with Gasteiger partial charge in [0.1, 0.15) is 16.5 Å². The molecule has 0 N–H and O–H groups in total. The third kappa shape index (κ3) is 5.71. The van der Waals surface area contributed by atoms with Crippen LogP contribution in [0.15, 0.2) is 59.6 Å². The van der Waals surface area contributed by atoms with Crippen LogP contribution in [0, 0.1) is 5.92 Å². The monoisotopic (exact) mass is 618 g/mol. The summed E-state index contributed by atoms with van der Waals surface area (Å²) in [6, 6.07) is 12.8. The third-order valence-electron chi connectivity index (χ3n) is 8.16. The Morgan fingerprint density at radius 1 is 1.05 bits per heavy atom. The lowest BCUT2D eigenvalue weighted by Crippen LogP contribution is -2.27. The lowest BCUT2D eigenvalue weighted by atomic mass is 10.1. The normalized spacial score (nSPS) is 20.2. The summed E-state index contributed by atoms with van der Waals surface area (Å²) < 4.78 is 37.9. The average molecular weight is 619 g/mol. The number of hydrogen-bond donors (Lipinski definition) is 0. The fourth-order valence-corrected chi connectivity index (χ4v) is 6.33. The summed E-state index contributed by atoms with van der Waals surface area (Å²) in [7, 11) is 0. The van der Waals surface area contributed by atoms with Gasteiger partial charge in [0.2, 0.25) is 11.8 Å². The van der Waals surface area contributed by atoms with Gasteiger partial charge >= 0.3 is 0 Å². The minimum Gasteiger partial charge on any atom is -0.457 e. The Bertz CT molecular complexity index is 1720. The zero-order valence-corrected chi connectivity index (χ0v) is 24.4. The minimum atomic E-state index is -2.67. The van der Waals surface area contributed by atoms with E-state index >= 15 is 0 Å². The molecule has 1 saturated carbocycles. The molecule has 13 heteroatoms. The summed E-state index contributed by atoms with van der Waals surface area (Å²) in [5, 5.41) is 11.7. The van der Waals surface area contributed by atoms with Crippen LogP contribution in [-0.4, -0.2) is 61.1 Å². The Balaban J connectivity index is 1.14. The third-order valence-corrected chi connectivity index (χ3v) is 9.14. The van der Waals surface area contributed by atoms with Crippen molar-refractivity contribution < 1.29 is 27.6 Å². The molecule has 7 rings (SSSR count). The second kappa shape index (κ2) is 11.5. The number of halogens is 2. The van der Waals surface area contributed by atoms with Gasteiger partial charge in [-0.05, 0) is 49.2 Å². The Hall–Kier alpha value is -4.52. The van der Waals surface area contributed by atoms with Gasteiger partial charge in [-0.1, -0.05) is 28.6 Å². The molecule has 3 fully saturated rings. The van der Waals surface area contributed by atoms with E-state index in [1.165, 1.54) is 0 Å². The molecule has 0 unspecified atom stereocenters. The standard InChI is InChI=1S/C31H28F2N6O4S/c1-2-17-11-25(40)38(14-17)15-20-4-3-19(29-34-28(37-43-29)21-13-26(41)39(16-21)22-7-8-22)12-24(20)42-23-9-5-18(6-10-23)30-35-36-31(44-30)27(32)33/h2-6,9-10,12,17,21-22,27H,1,7-8,11,13-16H2/t17-,21-/m0/s1. The maximum atomic E-state index is 13.0. The average Bonchev–Trinajstić information content (AvgIpc) is 3.39. The highest BCUT2D eigenvalue weighted by atomic mass is 32.1. The van der Waals surface area contributed by atoms with Crippen molar-refractivity contribution in [2.75, 3.05) is 13.1 Å². The smallest absolute Gasteiger partial charge is 0.291 e. The van der Waals surface area contributed by atoms with Crippen molar-refractivity contribution in [2.24, 2.45) is 5.92 Å². The SMILES string of the molecule is C=C[C@H]1CC(=O)N(Cc2ccc(-c3nc([C@H]4CC(=O)N(C5CC5)C4)no3)cc2Oc2ccc(-c3nnc(C(F)F)s3)cc2)C1. The molecular formula is C31H28F2N6O4S. The molecule has 2 aliphatic heterocycles. The summed E-state index contributed by atoms with van der Waals surface area (Å²) in [4.78, 5) is 33.5. The highest BCUT2D eigenvalue weighted by Crippen LogP contribution is 2.38. The Labute approximate surface area is 255 Å². The van der Waals surface area contributed by atoms with Gasteiger partial charge in [0, 0.05) is 67.0 Å². The zero-order valence-electron chi connectivity index (χ0n) is 23.6. The predicted octanol–water partition coefficient (Wildman–Crippen LogP) is 6.00. The molecule has 2 amide bonds. The summed E-state index contributed by atoms with van der Waals surface area (Å²) in [5.41, 5.74) is 2.05. The summed E-state index contributed by atoms with van der Waals surface area (Å²) in [6.07, 6.45) is 2.02. The van der Waals surface area contributed by atoms with Crippen molar-refractivity contribution >= 4 is 23.2 Å². The van der Waals surface area contributed by atoms with Crippen LogP contribution in [0.4, 0.5) is 8.78 Å². The largest absolute Gasteiger partial charge is 0.457 e. The van der Waals surface area contributed by atoms with E-state index in [-0.39, 0.29) is 28.7 Å². The lowest BCUT2D eigenvalue weighted by Gasteiger charge is -2.19. The fourth-order valence-electron chi connectivity index (χ4n) is 5.63. The predicted molar refractivity (Wildman–Crippen MR) is 156 cm³/mol. The second-order valence-electron chi connectivity index (χ2n) is 11.3. The Morgan fingerprint density at radius 2 is 1.84 bits per heavy atom. The molecule has 0 radical (unpaired) electrons. The number of amides is 2. The molecule has 2 aromatic carbocycles. The first-order valence-corrected chi connectivity index (χ1v) is 15.2. The van der Waals surface area contributed by atoms with E-state index in [9.17, 15) is 18.4 Å². The van der Waals surface area contributed by atoms with Crippen LogP contribution in [0.2, 0.25) is 0 Å². The highest BCUT2D eigenvalue weighted by molar-refractivity contribution is 7.14. The molecular weight excluding hydrogens is 590 g/mol. The molecule has 0 spiro atoms. The molecule has 2 atom stereocenters.